The Balaban J connectivity index is 1.83. The number of nitrogens with zero attached hydrogens (tertiary/aromatic N) is 3. The van der Waals surface area contributed by atoms with Crippen LogP contribution in [0.15, 0.2) is 36.8 Å². The number of carbonyl (C=O) groups is 1. The van der Waals surface area contributed by atoms with E-state index in [1.54, 1.807) is 36.3 Å². The summed E-state index contributed by atoms with van der Waals surface area (Å²) < 4.78 is 6.65. The molecule has 1 N–H and O–H groups in total. The van der Waals surface area contributed by atoms with E-state index in [4.69, 9.17) is 4.74 Å². The van der Waals surface area contributed by atoms with Crippen LogP contribution in [0.4, 0.5) is 0 Å². The smallest absolute Gasteiger partial charge is 0.244 e. The zero-order chi connectivity index (χ0) is 14.4. The molecule has 1 amide bonds. The normalized spacial score (nSPS) is 10.7. The quantitative estimate of drug-likeness (QED) is 0.829. The lowest BCUT2D eigenvalue weighted by molar-refractivity contribution is -0.116. The number of rotatable bonds is 5. The van der Waals surface area contributed by atoms with Crippen LogP contribution in [0.5, 0.6) is 5.88 Å². The van der Waals surface area contributed by atoms with Gasteiger partial charge in [-0.3, -0.25) is 9.48 Å². The van der Waals surface area contributed by atoms with Gasteiger partial charge in [-0.15, -0.1) is 0 Å². The van der Waals surface area contributed by atoms with E-state index in [0.717, 1.165) is 11.1 Å². The molecular weight excluding hydrogens is 256 g/mol. The fourth-order valence-corrected chi connectivity index (χ4v) is 1.58. The molecule has 0 aliphatic rings. The fraction of sp³-hybridized carbons (Fsp3) is 0.214. The summed E-state index contributed by atoms with van der Waals surface area (Å²) in [7, 11) is 3.39. The standard InChI is InChI=1S/C14H16N4O2/c1-18-10-12(9-17-18)3-5-13(19)15-7-11-4-6-14(20-2)16-8-11/h3-6,8-10H,7H2,1-2H3,(H,15,19)/b5-3+. The number of hydrogen-bond donors (Lipinski definition) is 1. The predicted molar refractivity (Wildman–Crippen MR) is 74.9 cm³/mol. The maximum Gasteiger partial charge on any atom is 0.244 e. The van der Waals surface area contributed by atoms with Gasteiger partial charge in [0.1, 0.15) is 0 Å². The third-order valence-corrected chi connectivity index (χ3v) is 2.63. The van der Waals surface area contributed by atoms with E-state index in [-0.39, 0.29) is 5.91 Å². The van der Waals surface area contributed by atoms with Gasteiger partial charge in [-0.1, -0.05) is 6.07 Å². The molecule has 0 atom stereocenters. The molecule has 0 aromatic carbocycles. The number of nitrogens with one attached hydrogen (secondary N) is 1. The van der Waals surface area contributed by atoms with Crippen molar-refractivity contribution in [1.29, 1.82) is 0 Å². The van der Waals surface area contributed by atoms with E-state index in [0.29, 0.717) is 12.4 Å². The van der Waals surface area contributed by atoms with Gasteiger partial charge in [0.15, 0.2) is 0 Å². The number of carbonyl (C=O) groups excluding carboxylic acids is 1. The van der Waals surface area contributed by atoms with Gasteiger partial charge in [-0.05, 0) is 11.6 Å². The van der Waals surface area contributed by atoms with Crippen LogP contribution >= 0.6 is 0 Å². The van der Waals surface area contributed by atoms with Crippen molar-refractivity contribution >= 4 is 12.0 Å². The first-order chi connectivity index (χ1) is 9.67. The predicted octanol–water partition coefficient (Wildman–Crippen LogP) is 1.15. The summed E-state index contributed by atoms with van der Waals surface area (Å²) >= 11 is 0. The molecule has 2 aromatic heterocycles. The first-order valence-electron chi connectivity index (χ1n) is 6.11. The molecule has 0 radical (unpaired) electrons. The minimum atomic E-state index is -0.162. The van der Waals surface area contributed by atoms with Crippen LogP contribution in [0.1, 0.15) is 11.1 Å². The van der Waals surface area contributed by atoms with Crippen molar-refractivity contribution in [2.24, 2.45) is 7.05 Å². The molecule has 0 bridgehead atoms. The number of pyridine rings is 1. The van der Waals surface area contributed by atoms with Gasteiger partial charge in [0.25, 0.3) is 0 Å². The number of ether oxygens (including phenoxy) is 1. The Kier molecular flexibility index (Phi) is 4.49. The molecule has 0 spiro atoms. The number of methoxy groups -OCH3 is 1. The maximum atomic E-state index is 11.6. The molecule has 0 fully saturated rings. The van der Waals surface area contributed by atoms with Crippen LogP contribution in [0.2, 0.25) is 0 Å². The van der Waals surface area contributed by atoms with Crippen LogP contribution in [0.25, 0.3) is 6.08 Å². The Morgan fingerprint density at radius 3 is 2.90 bits per heavy atom. The Labute approximate surface area is 117 Å². The van der Waals surface area contributed by atoms with Crippen molar-refractivity contribution in [1.82, 2.24) is 20.1 Å². The molecular formula is C14H16N4O2. The first-order valence-corrected chi connectivity index (χ1v) is 6.11. The van der Waals surface area contributed by atoms with Crippen LogP contribution in [0.3, 0.4) is 0 Å². The molecule has 0 saturated heterocycles. The summed E-state index contributed by atoms with van der Waals surface area (Å²) in [6.45, 7) is 0.424. The molecule has 0 aliphatic heterocycles. The van der Waals surface area contributed by atoms with E-state index in [2.05, 4.69) is 15.4 Å². The van der Waals surface area contributed by atoms with Crippen molar-refractivity contribution in [3.8, 4) is 5.88 Å². The van der Waals surface area contributed by atoms with Gasteiger partial charge in [-0.25, -0.2) is 4.98 Å². The van der Waals surface area contributed by atoms with Gasteiger partial charge in [0, 0.05) is 43.7 Å². The minimum Gasteiger partial charge on any atom is -0.481 e. The highest BCUT2D eigenvalue weighted by Crippen LogP contribution is 2.06. The van der Waals surface area contributed by atoms with Crippen LogP contribution in [0, 0.1) is 0 Å². The van der Waals surface area contributed by atoms with E-state index in [9.17, 15) is 4.79 Å². The topological polar surface area (TPSA) is 69.0 Å². The summed E-state index contributed by atoms with van der Waals surface area (Å²) in [5.74, 6) is 0.390. The molecule has 0 aliphatic carbocycles. The van der Waals surface area contributed by atoms with Gasteiger partial charge in [0.2, 0.25) is 11.8 Å². The average molecular weight is 272 g/mol. The third kappa shape index (κ3) is 3.94. The lowest BCUT2D eigenvalue weighted by Crippen LogP contribution is -2.20. The average Bonchev–Trinajstić information content (AvgIpc) is 2.89. The van der Waals surface area contributed by atoms with Crippen molar-refractivity contribution in [3.05, 3.63) is 47.9 Å². The van der Waals surface area contributed by atoms with Gasteiger partial charge in [-0.2, -0.15) is 5.10 Å². The van der Waals surface area contributed by atoms with E-state index >= 15 is 0 Å². The molecule has 0 unspecified atom stereocenters. The highest BCUT2D eigenvalue weighted by Gasteiger charge is 1.99. The third-order valence-electron chi connectivity index (χ3n) is 2.63. The number of aryl methyl sites for hydroxylation is 1. The second-order valence-corrected chi connectivity index (χ2v) is 4.21. The van der Waals surface area contributed by atoms with E-state index < -0.39 is 0 Å². The van der Waals surface area contributed by atoms with Gasteiger partial charge >= 0.3 is 0 Å². The molecule has 20 heavy (non-hydrogen) atoms. The van der Waals surface area contributed by atoms with Crippen LogP contribution in [-0.4, -0.2) is 27.8 Å². The molecule has 104 valence electrons. The number of hydrogen-bond acceptors (Lipinski definition) is 4. The number of amides is 1. The largest absolute Gasteiger partial charge is 0.481 e. The zero-order valence-electron chi connectivity index (χ0n) is 11.4. The van der Waals surface area contributed by atoms with Crippen molar-refractivity contribution in [2.45, 2.75) is 6.54 Å². The highest BCUT2D eigenvalue weighted by atomic mass is 16.5. The molecule has 0 saturated carbocycles. The Bertz CT molecular complexity index is 602. The minimum absolute atomic E-state index is 0.162. The SMILES string of the molecule is COc1ccc(CNC(=O)/C=C/c2cnn(C)c2)cn1. The molecule has 6 heteroatoms. The number of aromatic nitrogens is 3. The van der Waals surface area contributed by atoms with Crippen LogP contribution in [-0.2, 0) is 18.4 Å². The summed E-state index contributed by atoms with van der Waals surface area (Å²) in [6.07, 6.45) is 8.39. The zero-order valence-corrected chi connectivity index (χ0v) is 11.4. The first kappa shape index (κ1) is 13.8. The molecule has 2 rings (SSSR count). The second kappa shape index (κ2) is 6.51. The maximum absolute atomic E-state index is 11.6. The fourth-order valence-electron chi connectivity index (χ4n) is 1.58. The lowest BCUT2D eigenvalue weighted by Gasteiger charge is -2.03. The van der Waals surface area contributed by atoms with E-state index in [1.807, 2.05) is 19.3 Å². The second-order valence-electron chi connectivity index (χ2n) is 4.21. The molecule has 2 heterocycles. The monoisotopic (exact) mass is 272 g/mol. The van der Waals surface area contributed by atoms with Crippen molar-refractivity contribution < 1.29 is 9.53 Å². The van der Waals surface area contributed by atoms with Crippen molar-refractivity contribution in [2.75, 3.05) is 7.11 Å². The molecule has 2 aromatic rings. The summed E-state index contributed by atoms with van der Waals surface area (Å²) in [4.78, 5) is 15.7. The molecule has 6 nitrogen and oxygen atoms in total. The lowest BCUT2D eigenvalue weighted by atomic mass is 10.3. The summed E-state index contributed by atoms with van der Waals surface area (Å²) in [5.41, 5.74) is 1.79. The van der Waals surface area contributed by atoms with Crippen molar-refractivity contribution in [3.63, 3.8) is 0 Å². The highest BCUT2D eigenvalue weighted by molar-refractivity contribution is 5.91. The van der Waals surface area contributed by atoms with Crippen LogP contribution < -0.4 is 10.1 Å². The Hall–Kier alpha value is -2.63. The van der Waals surface area contributed by atoms with Gasteiger partial charge in [0.05, 0.1) is 13.3 Å². The Morgan fingerprint density at radius 1 is 1.45 bits per heavy atom. The van der Waals surface area contributed by atoms with E-state index in [1.165, 1.54) is 6.08 Å². The Morgan fingerprint density at radius 2 is 2.30 bits per heavy atom. The summed E-state index contributed by atoms with van der Waals surface area (Å²) in [5, 5.41) is 6.80. The van der Waals surface area contributed by atoms with Gasteiger partial charge < -0.3 is 10.1 Å². The summed E-state index contributed by atoms with van der Waals surface area (Å²) in [6, 6.07) is 3.61.